The third kappa shape index (κ3) is 3.75. The van der Waals surface area contributed by atoms with Crippen molar-refractivity contribution in [1.82, 2.24) is 14.5 Å². The summed E-state index contributed by atoms with van der Waals surface area (Å²) >= 11 is 0. The number of likely N-dealkylation sites (N-methyl/N-ethyl adjacent to an activating group) is 1. The van der Waals surface area contributed by atoms with Crippen molar-refractivity contribution >= 4 is 16.8 Å². The molecule has 1 amide bonds. The Morgan fingerprint density at radius 3 is 2.50 bits per heavy atom. The number of hydrogen-bond donors (Lipinski definition) is 1. The average Bonchev–Trinajstić information content (AvgIpc) is 2.70. The number of hydrogen-bond acceptors (Lipinski definition) is 5. The maximum absolute atomic E-state index is 12.7. The lowest BCUT2D eigenvalue weighted by Gasteiger charge is -2.19. The number of benzene rings is 2. The molecule has 0 unspecified atom stereocenters. The highest BCUT2D eigenvalue weighted by Gasteiger charge is 2.15. The Morgan fingerprint density at radius 1 is 1.07 bits per heavy atom. The summed E-state index contributed by atoms with van der Waals surface area (Å²) in [6, 6.07) is 12.1. The van der Waals surface area contributed by atoms with E-state index in [4.69, 9.17) is 9.47 Å². The van der Waals surface area contributed by atoms with Crippen LogP contribution in [0.25, 0.3) is 10.9 Å². The van der Waals surface area contributed by atoms with Crippen LogP contribution in [-0.4, -0.2) is 41.6 Å². The molecule has 1 N–H and O–H groups in total. The number of ether oxygens (including phenoxy) is 2. The van der Waals surface area contributed by atoms with E-state index in [2.05, 4.69) is 4.98 Å². The van der Waals surface area contributed by atoms with Crippen molar-refractivity contribution in [3.05, 3.63) is 68.9 Å². The van der Waals surface area contributed by atoms with Crippen molar-refractivity contribution in [3.63, 3.8) is 0 Å². The SMILES string of the molecule is COc1ccc(CN(C)C(=O)Cn2c(=O)[nH]c(=O)c3ccccc32)cc1OC. The molecule has 0 radical (unpaired) electrons. The summed E-state index contributed by atoms with van der Waals surface area (Å²) in [7, 11) is 4.75. The quantitative estimate of drug-likeness (QED) is 0.694. The average molecular weight is 383 g/mol. The minimum Gasteiger partial charge on any atom is -0.493 e. The lowest BCUT2D eigenvalue weighted by atomic mass is 10.2. The van der Waals surface area contributed by atoms with Gasteiger partial charge in [-0.25, -0.2) is 4.79 Å². The number of rotatable bonds is 6. The molecule has 0 aliphatic carbocycles. The van der Waals surface area contributed by atoms with E-state index in [1.54, 1.807) is 57.7 Å². The second kappa shape index (κ2) is 7.99. The van der Waals surface area contributed by atoms with Gasteiger partial charge in [0.05, 0.1) is 25.1 Å². The Hall–Kier alpha value is -3.55. The van der Waals surface area contributed by atoms with Crippen LogP contribution < -0.4 is 20.7 Å². The van der Waals surface area contributed by atoms with E-state index in [-0.39, 0.29) is 12.5 Å². The van der Waals surface area contributed by atoms with Gasteiger partial charge in [0, 0.05) is 13.6 Å². The van der Waals surface area contributed by atoms with E-state index in [0.29, 0.717) is 28.9 Å². The molecule has 0 aliphatic rings. The summed E-state index contributed by atoms with van der Waals surface area (Å²) in [5.74, 6) is 0.907. The number of nitrogens with one attached hydrogen (secondary N) is 1. The maximum Gasteiger partial charge on any atom is 0.329 e. The Balaban J connectivity index is 1.83. The molecule has 1 heterocycles. The second-order valence-electron chi connectivity index (χ2n) is 6.30. The number of para-hydroxylation sites is 1. The number of amides is 1. The Morgan fingerprint density at radius 2 is 1.79 bits per heavy atom. The molecule has 0 saturated heterocycles. The van der Waals surface area contributed by atoms with Crippen molar-refractivity contribution in [2.75, 3.05) is 21.3 Å². The Kier molecular flexibility index (Phi) is 5.49. The van der Waals surface area contributed by atoms with E-state index in [1.807, 2.05) is 6.07 Å². The number of carbonyl (C=O) groups is 1. The van der Waals surface area contributed by atoms with Gasteiger partial charge in [0.1, 0.15) is 6.54 Å². The molecule has 8 heteroatoms. The summed E-state index contributed by atoms with van der Waals surface area (Å²) in [5, 5.41) is 0.359. The monoisotopic (exact) mass is 383 g/mol. The van der Waals surface area contributed by atoms with Crippen LogP contribution in [0.2, 0.25) is 0 Å². The number of aromatic nitrogens is 2. The highest BCUT2D eigenvalue weighted by Crippen LogP contribution is 2.27. The molecule has 3 aromatic rings. The van der Waals surface area contributed by atoms with Gasteiger partial charge in [-0.3, -0.25) is 19.1 Å². The van der Waals surface area contributed by atoms with E-state index in [0.717, 1.165) is 5.56 Å². The van der Waals surface area contributed by atoms with Crippen molar-refractivity contribution in [3.8, 4) is 11.5 Å². The van der Waals surface area contributed by atoms with Gasteiger partial charge in [-0.2, -0.15) is 0 Å². The van der Waals surface area contributed by atoms with Gasteiger partial charge in [0.15, 0.2) is 11.5 Å². The first kappa shape index (κ1) is 19.2. The zero-order chi connectivity index (χ0) is 20.3. The molecule has 1 aromatic heterocycles. The van der Waals surface area contributed by atoms with Gasteiger partial charge in [0.25, 0.3) is 5.56 Å². The molecule has 0 fully saturated rings. The van der Waals surface area contributed by atoms with Gasteiger partial charge in [-0.15, -0.1) is 0 Å². The summed E-state index contributed by atoms with van der Waals surface area (Å²) in [6.45, 7) is 0.148. The smallest absolute Gasteiger partial charge is 0.329 e. The highest BCUT2D eigenvalue weighted by molar-refractivity contribution is 5.81. The van der Waals surface area contributed by atoms with Crippen molar-refractivity contribution in [2.24, 2.45) is 0 Å². The van der Waals surface area contributed by atoms with Crippen LogP contribution >= 0.6 is 0 Å². The van der Waals surface area contributed by atoms with E-state index in [1.165, 1.54) is 9.47 Å². The summed E-state index contributed by atoms with van der Waals surface area (Å²) < 4.78 is 11.8. The lowest BCUT2D eigenvalue weighted by molar-refractivity contribution is -0.131. The number of nitrogens with zero attached hydrogens (tertiary/aromatic N) is 2. The molecule has 8 nitrogen and oxygen atoms in total. The third-order valence-electron chi connectivity index (χ3n) is 4.49. The highest BCUT2D eigenvalue weighted by atomic mass is 16.5. The first-order valence-corrected chi connectivity index (χ1v) is 8.61. The molecule has 2 aromatic carbocycles. The van der Waals surface area contributed by atoms with Crippen LogP contribution in [-0.2, 0) is 17.9 Å². The van der Waals surface area contributed by atoms with Crippen LogP contribution in [0.4, 0.5) is 0 Å². The lowest BCUT2D eigenvalue weighted by Crippen LogP contribution is -2.37. The van der Waals surface area contributed by atoms with Gasteiger partial charge < -0.3 is 14.4 Å². The fraction of sp³-hybridized carbons (Fsp3) is 0.250. The predicted octanol–water partition coefficient (Wildman–Crippen LogP) is 1.37. The molecular weight excluding hydrogens is 362 g/mol. The zero-order valence-corrected chi connectivity index (χ0v) is 15.9. The van der Waals surface area contributed by atoms with Gasteiger partial charge in [0.2, 0.25) is 5.91 Å². The van der Waals surface area contributed by atoms with Crippen molar-refractivity contribution in [1.29, 1.82) is 0 Å². The molecular formula is C20H21N3O5. The largest absolute Gasteiger partial charge is 0.493 e. The second-order valence-corrected chi connectivity index (χ2v) is 6.30. The number of H-pyrrole nitrogens is 1. The van der Waals surface area contributed by atoms with Gasteiger partial charge in [-0.1, -0.05) is 18.2 Å². The molecule has 146 valence electrons. The van der Waals surface area contributed by atoms with Crippen LogP contribution in [0.15, 0.2) is 52.1 Å². The molecule has 3 rings (SSSR count). The maximum atomic E-state index is 12.7. The topological polar surface area (TPSA) is 93.6 Å². The molecule has 0 aliphatic heterocycles. The minimum atomic E-state index is -0.614. The van der Waals surface area contributed by atoms with E-state index in [9.17, 15) is 14.4 Å². The molecule has 0 bridgehead atoms. The zero-order valence-electron chi connectivity index (χ0n) is 15.9. The number of aromatic amines is 1. The van der Waals surface area contributed by atoms with Crippen LogP contribution in [0.5, 0.6) is 11.5 Å². The Labute approximate surface area is 160 Å². The van der Waals surface area contributed by atoms with Crippen molar-refractivity contribution < 1.29 is 14.3 Å². The molecule has 0 spiro atoms. The fourth-order valence-corrected chi connectivity index (χ4v) is 3.00. The van der Waals surface area contributed by atoms with Crippen LogP contribution in [0.1, 0.15) is 5.56 Å². The summed E-state index contributed by atoms with van der Waals surface area (Å²) in [6.07, 6.45) is 0. The molecule has 0 atom stereocenters. The first-order valence-electron chi connectivity index (χ1n) is 8.61. The normalized spacial score (nSPS) is 10.7. The van der Waals surface area contributed by atoms with Crippen LogP contribution in [0, 0.1) is 0 Å². The summed E-state index contributed by atoms with van der Waals surface area (Å²) in [5.41, 5.74) is 0.191. The minimum absolute atomic E-state index is 0.181. The Bertz CT molecular complexity index is 1130. The fourth-order valence-electron chi connectivity index (χ4n) is 3.00. The van der Waals surface area contributed by atoms with E-state index >= 15 is 0 Å². The van der Waals surface area contributed by atoms with E-state index < -0.39 is 11.2 Å². The van der Waals surface area contributed by atoms with Gasteiger partial charge in [-0.05, 0) is 29.8 Å². The molecule has 28 heavy (non-hydrogen) atoms. The number of methoxy groups -OCH3 is 2. The first-order chi connectivity index (χ1) is 13.4. The van der Waals surface area contributed by atoms with Gasteiger partial charge >= 0.3 is 5.69 Å². The van der Waals surface area contributed by atoms with Crippen LogP contribution in [0.3, 0.4) is 0 Å². The third-order valence-corrected chi connectivity index (χ3v) is 4.49. The molecule has 0 saturated carbocycles. The number of fused-ring (bicyclic) bond motifs is 1. The number of carbonyl (C=O) groups excluding carboxylic acids is 1. The predicted molar refractivity (Wildman–Crippen MR) is 105 cm³/mol. The standard InChI is InChI=1S/C20H21N3O5/c1-22(11-13-8-9-16(27-2)17(10-13)28-3)18(24)12-23-15-7-5-4-6-14(15)19(25)21-20(23)26/h4-10H,11-12H2,1-3H3,(H,21,25,26). The summed E-state index contributed by atoms with van der Waals surface area (Å²) in [4.78, 5) is 40.6. The van der Waals surface area contributed by atoms with Crippen molar-refractivity contribution in [2.45, 2.75) is 13.1 Å².